The quantitative estimate of drug-likeness (QED) is 0.764. The molecule has 1 aromatic carbocycles. The third kappa shape index (κ3) is 2.27. The fourth-order valence-corrected chi connectivity index (χ4v) is 4.99. The number of ether oxygens (including phenoxy) is 1. The fraction of sp³-hybridized carbons (Fsp3) is 0.625. The third-order valence-corrected chi connectivity index (χ3v) is 5.75. The normalized spacial score (nSPS) is 35.9. The van der Waals surface area contributed by atoms with E-state index in [9.17, 15) is 4.39 Å². The molecule has 2 saturated heterocycles. The van der Waals surface area contributed by atoms with E-state index in [4.69, 9.17) is 4.74 Å². The molecule has 4 rings (SSSR count). The molecule has 1 aromatic rings. The summed E-state index contributed by atoms with van der Waals surface area (Å²) in [6.45, 7) is 0.991. The maximum Gasteiger partial charge on any atom is 0.123 e. The highest BCUT2D eigenvalue weighted by Gasteiger charge is 2.41. The molecule has 20 heavy (non-hydrogen) atoms. The molecule has 3 aliphatic rings. The van der Waals surface area contributed by atoms with Gasteiger partial charge in [0.1, 0.15) is 17.7 Å². The van der Waals surface area contributed by atoms with Crippen molar-refractivity contribution in [2.24, 2.45) is 0 Å². The van der Waals surface area contributed by atoms with Gasteiger partial charge in [0.05, 0.1) is 0 Å². The highest BCUT2D eigenvalue weighted by atomic mass is 79.9. The van der Waals surface area contributed by atoms with Gasteiger partial charge >= 0.3 is 0 Å². The molecule has 4 heteroatoms. The van der Waals surface area contributed by atoms with Crippen LogP contribution in [0.5, 0.6) is 5.75 Å². The van der Waals surface area contributed by atoms with Crippen LogP contribution in [0.15, 0.2) is 18.2 Å². The number of fused-ring (bicyclic) bond motifs is 3. The zero-order chi connectivity index (χ0) is 13.7. The zero-order valence-electron chi connectivity index (χ0n) is 11.4. The van der Waals surface area contributed by atoms with Crippen molar-refractivity contribution in [3.8, 4) is 5.75 Å². The molecular formula is C16H19BrFNO. The van der Waals surface area contributed by atoms with Crippen molar-refractivity contribution in [3.05, 3.63) is 29.6 Å². The highest BCUT2D eigenvalue weighted by Crippen LogP contribution is 2.39. The topological polar surface area (TPSA) is 12.5 Å². The Balaban J connectivity index is 1.44. The average Bonchev–Trinajstić information content (AvgIpc) is 2.89. The molecule has 3 atom stereocenters. The van der Waals surface area contributed by atoms with Crippen molar-refractivity contribution < 1.29 is 9.13 Å². The minimum absolute atomic E-state index is 0.159. The molecule has 0 spiro atoms. The Labute approximate surface area is 127 Å². The third-order valence-electron chi connectivity index (χ3n) is 5.01. The minimum Gasteiger partial charge on any atom is -0.488 e. The van der Waals surface area contributed by atoms with Crippen molar-refractivity contribution >= 4 is 15.9 Å². The van der Waals surface area contributed by atoms with Gasteiger partial charge < -0.3 is 4.74 Å². The summed E-state index contributed by atoms with van der Waals surface area (Å²) in [6.07, 6.45) is 6.19. The van der Waals surface area contributed by atoms with Gasteiger partial charge in [-0.05, 0) is 43.9 Å². The van der Waals surface area contributed by atoms with Gasteiger partial charge in [0.25, 0.3) is 0 Å². The Hall–Kier alpha value is -0.610. The van der Waals surface area contributed by atoms with E-state index in [1.54, 1.807) is 12.1 Å². The SMILES string of the molecule is Fc1ccc2c(c1)CC(CN1C3CCC1CC(Br)C3)O2. The van der Waals surface area contributed by atoms with Crippen LogP contribution in [0.2, 0.25) is 0 Å². The molecule has 2 bridgehead atoms. The Bertz CT molecular complexity index is 509. The van der Waals surface area contributed by atoms with E-state index < -0.39 is 0 Å². The second-order valence-electron chi connectivity index (χ2n) is 6.35. The molecule has 108 valence electrons. The summed E-state index contributed by atoms with van der Waals surface area (Å²) in [4.78, 5) is 3.33. The number of rotatable bonds is 2. The van der Waals surface area contributed by atoms with Gasteiger partial charge in [0, 0.05) is 35.4 Å². The number of benzene rings is 1. The molecule has 0 aliphatic carbocycles. The maximum atomic E-state index is 13.3. The van der Waals surface area contributed by atoms with Crippen LogP contribution in [-0.2, 0) is 6.42 Å². The van der Waals surface area contributed by atoms with Gasteiger partial charge in [-0.3, -0.25) is 4.90 Å². The lowest BCUT2D eigenvalue weighted by molar-refractivity contribution is 0.0871. The van der Waals surface area contributed by atoms with Crippen LogP contribution in [0.4, 0.5) is 4.39 Å². The predicted octanol–water partition coefficient (Wildman–Crippen LogP) is 3.52. The van der Waals surface area contributed by atoms with Crippen molar-refractivity contribution in [2.45, 2.75) is 55.1 Å². The molecule has 0 radical (unpaired) electrons. The van der Waals surface area contributed by atoms with Gasteiger partial charge in [0.2, 0.25) is 0 Å². The molecular weight excluding hydrogens is 321 g/mol. The number of piperidine rings is 1. The highest BCUT2D eigenvalue weighted by molar-refractivity contribution is 9.09. The molecule has 2 fully saturated rings. The number of halogens is 2. The van der Waals surface area contributed by atoms with Crippen LogP contribution in [-0.4, -0.2) is 34.5 Å². The number of hydrogen-bond donors (Lipinski definition) is 0. The van der Waals surface area contributed by atoms with Gasteiger partial charge in [-0.25, -0.2) is 4.39 Å². The molecule has 3 heterocycles. The summed E-state index contributed by atoms with van der Waals surface area (Å²) in [7, 11) is 0. The Morgan fingerprint density at radius 2 is 2.00 bits per heavy atom. The van der Waals surface area contributed by atoms with Crippen LogP contribution >= 0.6 is 15.9 Å². The standard InChI is InChI=1S/C16H19BrFNO/c17-11-7-13-2-3-14(8-11)19(13)9-15-6-10-5-12(18)1-4-16(10)20-15/h1,4-5,11,13-15H,2-3,6-9H2. The largest absolute Gasteiger partial charge is 0.488 e. The Morgan fingerprint density at radius 3 is 2.75 bits per heavy atom. The monoisotopic (exact) mass is 339 g/mol. The molecule has 0 saturated carbocycles. The molecule has 3 aliphatic heterocycles. The van der Waals surface area contributed by atoms with E-state index in [2.05, 4.69) is 20.8 Å². The fourth-order valence-electron chi connectivity index (χ4n) is 4.13. The summed E-state index contributed by atoms with van der Waals surface area (Å²) in [5.41, 5.74) is 1.03. The van der Waals surface area contributed by atoms with Crippen LogP contribution in [0.1, 0.15) is 31.2 Å². The number of alkyl halides is 1. The van der Waals surface area contributed by atoms with Crippen molar-refractivity contribution in [1.82, 2.24) is 4.90 Å². The van der Waals surface area contributed by atoms with Gasteiger partial charge in [-0.15, -0.1) is 0 Å². The molecule has 0 N–H and O–H groups in total. The average molecular weight is 340 g/mol. The Morgan fingerprint density at radius 1 is 1.25 bits per heavy atom. The number of hydrogen-bond acceptors (Lipinski definition) is 2. The first-order valence-corrected chi connectivity index (χ1v) is 8.45. The van der Waals surface area contributed by atoms with E-state index in [0.717, 1.165) is 24.3 Å². The van der Waals surface area contributed by atoms with Crippen molar-refractivity contribution in [1.29, 1.82) is 0 Å². The smallest absolute Gasteiger partial charge is 0.123 e. The van der Waals surface area contributed by atoms with E-state index >= 15 is 0 Å². The molecule has 3 unspecified atom stereocenters. The van der Waals surface area contributed by atoms with Gasteiger partial charge in [-0.2, -0.15) is 0 Å². The molecule has 0 amide bonds. The van der Waals surface area contributed by atoms with E-state index in [-0.39, 0.29) is 11.9 Å². The molecule has 2 nitrogen and oxygen atoms in total. The lowest BCUT2D eigenvalue weighted by Crippen LogP contribution is -2.47. The van der Waals surface area contributed by atoms with Gasteiger partial charge in [-0.1, -0.05) is 15.9 Å². The second-order valence-corrected chi connectivity index (χ2v) is 7.64. The lowest BCUT2D eigenvalue weighted by Gasteiger charge is -2.38. The zero-order valence-corrected chi connectivity index (χ0v) is 13.0. The second kappa shape index (κ2) is 4.99. The van der Waals surface area contributed by atoms with E-state index in [0.29, 0.717) is 16.9 Å². The Kier molecular flexibility index (Phi) is 3.26. The van der Waals surface area contributed by atoms with E-state index in [1.807, 2.05) is 0 Å². The van der Waals surface area contributed by atoms with Gasteiger partial charge in [0.15, 0.2) is 0 Å². The summed E-state index contributed by atoms with van der Waals surface area (Å²) in [6, 6.07) is 6.30. The van der Waals surface area contributed by atoms with Crippen molar-refractivity contribution in [2.75, 3.05) is 6.54 Å². The predicted molar refractivity (Wildman–Crippen MR) is 80.0 cm³/mol. The summed E-state index contributed by atoms with van der Waals surface area (Å²) in [5.74, 6) is 0.715. The van der Waals surface area contributed by atoms with Crippen LogP contribution < -0.4 is 4.74 Å². The molecule has 0 aromatic heterocycles. The maximum absolute atomic E-state index is 13.3. The summed E-state index contributed by atoms with van der Waals surface area (Å²) < 4.78 is 19.2. The first kappa shape index (κ1) is 13.1. The van der Waals surface area contributed by atoms with Crippen LogP contribution in [0, 0.1) is 5.82 Å². The minimum atomic E-state index is -0.159. The lowest BCUT2D eigenvalue weighted by atomic mass is 10.0. The van der Waals surface area contributed by atoms with Crippen molar-refractivity contribution in [3.63, 3.8) is 0 Å². The first-order valence-electron chi connectivity index (χ1n) is 7.54. The van der Waals surface area contributed by atoms with E-state index in [1.165, 1.54) is 31.7 Å². The number of nitrogens with zero attached hydrogens (tertiary/aromatic N) is 1. The van der Waals surface area contributed by atoms with Crippen LogP contribution in [0.3, 0.4) is 0 Å². The van der Waals surface area contributed by atoms with Crippen LogP contribution in [0.25, 0.3) is 0 Å². The summed E-state index contributed by atoms with van der Waals surface area (Å²) in [5, 5.41) is 0. The first-order chi connectivity index (χ1) is 9.69. The summed E-state index contributed by atoms with van der Waals surface area (Å²) >= 11 is 3.78.